The summed E-state index contributed by atoms with van der Waals surface area (Å²) >= 11 is 10.9. The second-order valence-electron chi connectivity index (χ2n) is 3.56. The van der Waals surface area contributed by atoms with E-state index in [2.05, 4.69) is 15.9 Å². The lowest BCUT2D eigenvalue weighted by atomic mass is 10.1. The minimum absolute atomic E-state index is 0.0781. The highest BCUT2D eigenvalue weighted by molar-refractivity contribution is 9.09. The Morgan fingerprint density at radius 2 is 2.20 bits per heavy atom. The molecular weight excluding hydrogens is 298 g/mol. The maximum absolute atomic E-state index is 12.0. The fraction of sp³-hybridized carbons (Fsp3) is 0.500. The Hall–Kier alpha value is -0.0600. The number of amides is 1. The zero-order valence-electron chi connectivity index (χ0n) is 8.08. The zero-order valence-corrected chi connectivity index (χ0v) is 11.2. The summed E-state index contributed by atoms with van der Waals surface area (Å²) < 4.78 is 0. The van der Waals surface area contributed by atoms with Crippen LogP contribution < -0.4 is 0 Å². The first-order chi connectivity index (χ1) is 7.18. The van der Waals surface area contributed by atoms with Crippen LogP contribution in [-0.2, 0) is 0 Å². The quantitative estimate of drug-likeness (QED) is 0.728. The van der Waals surface area contributed by atoms with Crippen molar-refractivity contribution in [3.8, 4) is 0 Å². The average molecular weight is 309 g/mol. The lowest BCUT2D eigenvalue weighted by Gasteiger charge is -2.29. The van der Waals surface area contributed by atoms with E-state index >= 15 is 0 Å². The van der Waals surface area contributed by atoms with E-state index in [0.29, 0.717) is 14.7 Å². The fourth-order valence-electron chi connectivity index (χ4n) is 1.64. The molecule has 0 N–H and O–H groups in total. The number of hydrogen-bond acceptors (Lipinski definition) is 2. The molecule has 1 amide bonds. The topological polar surface area (TPSA) is 20.3 Å². The van der Waals surface area contributed by atoms with Gasteiger partial charge in [-0.05, 0) is 24.3 Å². The first kappa shape index (κ1) is 11.4. The predicted octanol–water partition coefficient (Wildman–Crippen LogP) is 3.40. The van der Waals surface area contributed by atoms with Crippen molar-refractivity contribution in [2.45, 2.75) is 17.7 Å². The van der Waals surface area contributed by atoms with Gasteiger partial charge in [0.25, 0.3) is 5.91 Å². The number of thiophene rings is 1. The van der Waals surface area contributed by atoms with Crippen molar-refractivity contribution in [3.05, 3.63) is 21.3 Å². The van der Waals surface area contributed by atoms with Crippen molar-refractivity contribution < 1.29 is 4.79 Å². The van der Waals surface area contributed by atoms with Gasteiger partial charge in [-0.1, -0.05) is 27.5 Å². The van der Waals surface area contributed by atoms with E-state index in [1.165, 1.54) is 11.3 Å². The molecule has 1 fully saturated rings. The lowest BCUT2D eigenvalue weighted by molar-refractivity contribution is 0.0733. The van der Waals surface area contributed by atoms with E-state index in [1.807, 2.05) is 10.3 Å². The molecule has 0 unspecified atom stereocenters. The molecule has 1 aliphatic heterocycles. The summed E-state index contributed by atoms with van der Waals surface area (Å²) in [7, 11) is 0. The maximum Gasteiger partial charge on any atom is 0.265 e. The van der Waals surface area contributed by atoms with E-state index in [4.69, 9.17) is 11.6 Å². The molecule has 0 bridgehead atoms. The molecular formula is C10H11BrClNOS. The molecule has 82 valence electrons. The molecule has 0 saturated carbocycles. The van der Waals surface area contributed by atoms with Crippen LogP contribution in [0.2, 0.25) is 5.02 Å². The summed E-state index contributed by atoms with van der Waals surface area (Å²) in [6.07, 6.45) is 2.05. The number of nitrogens with zero attached hydrogens (tertiary/aromatic N) is 1. The molecule has 15 heavy (non-hydrogen) atoms. The molecule has 0 spiro atoms. The number of piperidine rings is 1. The van der Waals surface area contributed by atoms with Crippen LogP contribution in [0.3, 0.4) is 0 Å². The van der Waals surface area contributed by atoms with Crippen molar-refractivity contribution >= 4 is 44.8 Å². The van der Waals surface area contributed by atoms with E-state index in [0.717, 1.165) is 25.9 Å². The molecule has 1 aromatic heterocycles. The third kappa shape index (κ3) is 2.55. The van der Waals surface area contributed by atoms with E-state index < -0.39 is 0 Å². The molecule has 0 aromatic carbocycles. The highest BCUT2D eigenvalue weighted by Gasteiger charge is 2.24. The monoisotopic (exact) mass is 307 g/mol. The Balaban J connectivity index is 2.06. The lowest BCUT2D eigenvalue weighted by Crippen LogP contribution is -2.38. The summed E-state index contributed by atoms with van der Waals surface area (Å²) in [5, 5.41) is 2.43. The van der Waals surface area contributed by atoms with Gasteiger partial charge in [0, 0.05) is 17.9 Å². The van der Waals surface area contributed by atoms with E-state index in [9.17, 15) is 4.79 Å². The van der Waals surface area contributed by atoms with Crippen LogP contribution in [0.25, 0.3) is 0 Å². The summed E-state index contributed by atoms with van der Waals surface area (Å²) in [6, 6.07) is 1.77. The SMILES string of the molecule is O=C(c1sccc1Cl)N1CCC(Br)CC1. The Morgan fingerprint density at radius 1 is 1.53 bits per heavy atom. The minimum Gasteiger partial charge on any atom is -0.338 e. The van der Waals surface area contributed by atoms with Gasteiger partial charge in [-0.2, -0.15) is 0 Å². The molecule has 1 aliphatic rings. The highest BCUT2D eigenvalue weighted by Crippen LogP contribution is 2.26. The van der Waals surface area contributed by atoms with E-state index in [-0.39, 0.29) is 5.91 Å². The number of alkyl halides is 1. The van der Waals surface area contributed by atoms with Gasteiger partial charge in [0.15, 0.2) is 0 Å². The zero-order chi connectivity index (χ0) is 10.8. The third-order valence-electron chi connectivity index (χ3n) is 2.52. The Morgan fingerprint density at radius 3 is 2.73 bits per heavy atom. The van der Waals surface area contributed by atoms with Gasteiger partial charge in [-0.3, -0.25) is 4.79 Å². The van der Waals surface area contributed by atoms with Gasteiger partial charge in [0.05, 0.1) is 5.02 Å². The molecule has 1 aromatic rings. The summed E-state index contributed by atoms with van der Waals surface area (Å²) in [4.78, 5) is 15.1. The van der Waals surface area contributed by atoms with Crippen LogP contribution in [0.15, 0.2) is 11.4 Å². The van der Waals surface area contributed by atoms with Crippen molar-refractivity contribution in [1.82, 2.24) is 4.90 Å². The molecule has 0 aliphatic carbocycles. The molecule has 0 radical (unpaired) electrons. The normalized spacial score (nSPS) is 18.1. The van der Waals surface area contributed by atoms with E-state index in [1.54, 1.807) is 6.07 Å². The van der Waals surface area contributed by atoms with Gasteiger partial charge in [0.1, 0.15) is 4.88 Å². The highest BCUT2D eigenvalue weighted by atomic mass is 79.9. The number of likely N-dealkylation sites (tertiary alicyclic amines) is 1. The van der Waals surface area contributed by atoms with Gasteiger partial charge < -0.3 is 4.90 Å². The smallest absolute Gasteiger partial charge is 0.265 e. The third-order valence-corrected chi connectivity index (χ3v) is 4.77. The van der Waals surface area contributed by atoms with Crippen LogP contribution in [0, 0.1) is 0 Å². The Bertz CT molecular complexity index is 360. The van der Waals surface area contributed by atoms with Crippen LogP contribution in [0.4, 0.5) is 0 Å². The minimum atomic E-state index is 0.0781. The summed E-state index contributed by atoms with van der Waals surface area (Å²) in [5.74, 6) is 0.0781. The summed E-state index contributed by atoms with van der Waals surface area (Å²) in [6.45, 7) is 1.64. The average Bonchev–Trinajstić information content (AvgIpc) is 2.65. The van der Waals surface area contributed by atoms with Gasteiger partial charge in [-0.25, -0.2) is 0 Å². The molecule has 2 heterocycles. The van der Waals surface area contributed by atoms with Crippen LogP contribution in [0.1, 0.15) is 22.5 Å². The van der Waals surface area contributed by atoms with Crippen molar-refractivity contribution in [2.24, 2.45) is 0 Å². The van der Waals surface area contributed by atoms with Gasteiger partial charge >= 0.3 is 0 Å². The van der Waals surface area contributed by atoms with Crippen molar-refractivity contribution in [1.29, 1.82) is 0 Å². The predicted molar refractivity (Wildman–Crippen MR) is 67.2 cm³/mol. The Kier molecular flexibility index (Phi) is 3.69. The number of hydrogen-bond donors (Lipinski definition) is 0. The first-order valence-electron chi connectivity index (χ1n) is 4.85. The standard InChI is InChI=1S/C10H11BrClNOS/c11-7-1-4-13(5-2-7)10(14)9-8(12)3-6-15-9/h3,6-7H,1-2,4-5H2. The number of carbonyl (C=O) groups is 1. The van der Waals surface area contributed by atoms with Crippen LogP contribution in [0.5, 0.6) is 0 Å². The molecule has 5 heteroatoms. The van der Waals surface area contributed by atoms with Crippen LogP contribution >= 0.6 is 38.9 Å². The second kappa shape index (κ2) is 4.85. The number of carbonyl (C=O) groups excluding carboxylic acids is 1. The van der Waals surface area contributed by atoms with Crippen molar-refractivity contribution in [3.63, 3.8) is 0 Å². The molecule has 2 rings (SSSR count). The maximum atomic E-state index is 12.0. The van der Waals surface area contributed by atoms with Gasteiger partial charge in [-0.15, -0.1) is 11.3 Å². The van der Waals surface area contributed by atoms with Crippen molar-refractivity contribution in [2.75, 3.05) is 13.1 Å². The van der Waals surface area contributed by atoms with Gasteiger partial charge in [0.2, 0.25) is 0 Å². The first-order valence-corrected chi connectivity index (χ1v) is 7.02. The summed E-state index contributed by atoms with van der Waals surface area (Å²) in [5.41, 5.74) is 0. The second-order valence-corrected chi connectivity index (χ2v) is 6.18. The largest absolute Gasteiger partial charge is 0.338 e. The number of rotatable bonds is 1. The Labute approximate surface area is 106 Å². The molecule has 1 saturated heterocycles. The fourth-order valence-corrected chi connectivity index (χ4v) is 3.15. The molecule has 0 atom stereocenters. The number of halogens is 2. The van der Waals surface area contributed by atoms with Crippen LogP contribution in [-0.4, -0.2) is 28.7 Å². The molecule has 2 nitrogen and oxygen atoms in total.